The molecule has 3 heterocycles. The molecule has 0 N–H and O–H groups in total. The maximum absolute atomic E-state index is 12.7. The number of thiophene rings is 1. The van der Waals surface area contributed by atoms with E-state index in [2.05, 4.69) is 12.1 Å². The average Bonchev–Trinajstić information content (AvgIpc) is 3.20. The SMILES string of the molecule is CN1CC2(CCN(C(=O)c3cccs3)CC2)C[C@@H](c2ccccc2)C1=O. The molecular formula is C21H24N2O2S. The second-order valence-electron chi connectivity index (χ2n) is 7.63. The molecule has 4 nitrogen and oxygen atoms in total. The summed E-state index contributed by atoms with van der Waals surface area (Å²) in [7, 11) is 1.92. The lowest BCUT2D eigenvalue weighted by atomic mass is 9.67. The normalized spacial score (nSPS) is 22.7. The van der Waals surface area contributed by atoms with E-state index in [0.29, 0.717) is 0 Å². The van der Waals surface area contributed by atoms with Crippen LogP contribution in [0.25, 0.3) is 0 Å². The van der Waals surface area contributed by atoms with Crippen LogP contribution >= 0.6 is 11.3 Å². The van der Waals surface area contributed by atoms with Crippen molar-refractivity contribution in [1.29, 1.82) is 0 Å². The largest absolute Gasteiger partial charge is 0.345 e. The predicted octanol–water partition coefficient (Wildman–Crippen LogP) is 3.62. The Morgan fingerprint density at radius 1 is 1.12 bits per heavy atom. The molecule has 1 aromatic carbocycles. The molecular weight excluding hydrogens is 344 g/mol. The molecule has 1 aromatic heterocycles. The van der Waals surface area contributed by atoms with Gasteiger partial charge in [-0.2, -0.15) is 0 Å². The second kappa shape index (κ2) is 6.88. The molecule has 0 saturated carbocycles. The lowest BCUT2D eigenvalue weighted by Gasteiger charge is -2.49. The molecule has 4 rings (SSSR count). The quantitative estimate of drug-likeness (QED) is 0.812. The van der Waals surface area contributed by atoms with Crippen molar-refractivity contribution in [3.8, 4) is 0 Å². The van der Waals surface area contributed by atoms with Gasteiger partial charge in [-0.15, -0.1) is 11.3 Å². The monoisotopic (exact) mass is 368 g/mol. The summed E-state index contributed by atoms with van der Waals surface area (Å²) in [6, 6.07) is 13.9. The van der Waals surface area contributed by atoms with Gasteiger partial charge in [0.2, 0.25) is 5.91 Å². The van der Waals surface area contributed by atoms with Gasteiger partial charge in [-0.1, -0.05) is 36.4 Å². The number of likely N-dealkylation sites (N-methyl/N-ethyl adjacent to an activating group) is 1. The zero-order valence-electron chi connectivity index (χ0n) is 15.1. The van der Waals surface area contributed by atoms with Crippen molar-refractivity contribution in [2.24, 2.45) is 5.41 Å². The van der Waals surface area contributed by atoms with Crippen LogP contribution in [0.2, 0.25) is 0 Å². The zero-order chi connectivity index (χ0) is 18.1. The summed E-state index contributed by atoms with van der Waals surface area (Å²) in [6.45, 7) is 2.36. The Morgan fingerprint density at radius 2 is 1.85 bits per heavy atom. The Hall–Kier alpha value is -2.14. The van der Waals surface area contributed by atoms with Gasteiger partial charge in [0.15, 0.2) is 0 Å². The summed E-state index contributed by atoms with van der Waals surface area (Å²) in [5.74, 6) is 0.308. The Labute approximate surface area is 158 Å². The molecule has 0 unspecified atom stereocenters. The van der Waals surface area contributed by atoms with Crippen LogP contribution in [0.5, 0.6) is 0 Å². The van der Waals surface area contributed by atoms with E-state index in [4.69, 9.17) is 0 Å². The van der Waals surface area contributed by atoms with E-state index in [1.54, 1.807) is 0 Å². The van der Waals surface area contributed by atoms with Crippen molar-refractivity contribution < 1.29 is 9.59 Å². The molecule has 5 heteroatoms. The van der Waals surface area contributed by atoms with Gasteiger partial charge in [-0.25, -0.2) is 0 Å². The van der Waals surface area contributed by atoms with Crippen LogP contribution < -0.4 is 0 Å². The Bertz CT molecular complexity index is 780. The van der Waals surface area contributed by atoms with Crippen molar-refractivity contribution in [3.63, 3.8) is 0 Å². The molecule has 2 amide bonds. The molecule has 1 atom stereocenters. The van der Waals surface area contributed by atoms with E-state index in [1.807, 2.05) is 52.6 Å². The average molecular weight is 369 g/mol. The summed E-state index contributed by atoms with van der Waals surface area (Å²) < 4.78 is 0. The molecule has 2 aliphatic heterocycles. The number of carbonyl (C=O) groups is 2. The minimum Gasteiger partial charge on any atom is -0.345 e. The standard InChI is InChI=1S/C21H24N2O2S/c1-22-15-21(14-17(19(22)24)16-6-3-2-4-7-16)9-11-23(12-10-21)20(25)18-8-5-13-26-18/h2-8,13,17H,9-12,14-15H2,1H3/t17-/m0/s1. The van der Waals surface area contributed by atoms with E-state index in [0.717, 1.165) is 49.3 Å². The topological polar surface area (TPSA) is 40.6 Å². The Morgan fingerprint density at radius 3 is 2.50 bits per heavy atom. The fraction of sp³-hybridized carbons (Fsp3) is 0.429. The van der Waals surface area contributed by atoms with Crippen LogP contribution in [0.4, 0.5) is 0 Å². The number of carbonyl (C=O) groups excluding carboxylic acids is 2. The number of rotatable bonds is 2. The molecule has 2 saturated heterocycles. The van der Waals surface area contributed by atoms with E-state index in [9.17, 15) is 9.59 Å². The van der Waals surface area contributed by atoms with Crippen molar-refractivity contribution in [1.82, 2.24) is 9.80 Å². The van der Waals surface area contributed by atoms with Crippen LogP contribution in [0, 0.1) is 5.41 Å². The molecule has 26 heavy (non-hydrogen) atoms. The summed E-state index contributed by atoms with van der Waals surface area (Å²) in [6.07, 6.45) is 2.82. The summed E-state index contributed by atoms with van der Waals surface area (Å²) in [4.78, 5) is 30.0. The van der Waals surface area contributed by atoms with Crippen LogP contribution in [-0.4, -0.2) is 48.3 Å². The molecule has 0 bridgehead atoms. The summed E-state index contributed by atoms with van der Waals surface area (Å²) in [5.41, 5.74) is 1.23. The number of hydrogen-bond donors (Lipinski definition) is 0. The maximum atomic E-state index is 12.7. The van der Waals surface area contributed by atoms with E-state index < -0.39 is 0 Å². The lowest BCUT2D eigenvalue weighted by molar-refractivity contribution is -0.139. The van der Waals surface area contributed by atoms with E-state index in [1.165, 1.54) is 11.3 Å². The van der Waals surface area contributed by atoms with Gasteiger partial charge in [-0.05, 0) is 41.7 Å². The Balaban J connectivity index is 1.49. The first-order valence-corrected chi connectivity index (χ1v) is 10.1. The second-order valence-corrected chi connectivity index (χ2v) is 8.58. The van der Waals surface area contributed by atoms with Crippen LogP contribution in [0.15, 0.2) is 47.8 Å². The smallest absolute Gasteiger partial charge is 0.263 e. The van der Waals surface area contributed by atoms with Crippen molar-refractivity contribution in [2.75, 3.05) is 26.7 Å². The van der Waals surface area contributed by atoms with Gasteiger partial charge >= 0.3 is 0 Å². The van der Waals surface area contributed by atoms with Crippen LogP contribution in [0.3, 0.4) is 0 Å². The minimum absolute atomic E-state index is 0.0607. The lowest BCUT2D eigenvalue weighted by Crippen LogP contribution is -2.53. The third-order valence-electron chi connectivity index (χ3n) is 5.93. The van der Waals surface area contributed by atoms with Gasteiger partial charge in [0.05, 0.1) is 10.8 Å². The van der Waals surface area contributed by atoms with Gasteiger partial charge in [0, 0.05) is 26.7 Å². The highest BCUT2D eigenvalue weighted by atomic mass is 32.1. The minimum atomic E-state index is -0.0607. The first kappa shape index (κ1) is 17.3. The maximum Gasteiger partial charge on any atom is 0.263 e. The van der Waals surface area contributed by atoms with Crippen molar-refractivity contribution in [3.05, 3.63) is 58.3 Å². The third-order valence-corrected chi connectivity index (χ3v) is 6.79. The van der Waals surface area contributed by atoms with Crippen molar-refractivity contribution in [2.45, 2.75) is 25.2 Å². The van der Waals surface area contributed by atoms with E-state index in [-0.39, 0.29) is 23.1 Å². The van der Waals surface area contributed by atoms with Crippen LogP contribution in [-0.2, 0) is 4.79 Å². The number of nitrogens with zero attached hydrogens (tertiary/aromatic N) is 2. The molecule has 0 aliphatic carbocycles. The molecule has 1 spiro atoms. The van der Waals surface area contributed by atoms with Gasteiger partial charge < -0.3 is 9.80 Å². The predicted molar refractivity (Wildman–Crippen MR) is 103 cm³/mol. The Kier molecular flexibility index (Phi) is 4.57. The van der Waals surface area contributed by atoms with Gasteiger partial charge in [-0.3, -0.25) is 9.59 Å². The van der Waals surface area contributed by atoms with Gasteiger partial charge in [0.25, 0.3) is 5.91 Å². The number of benzene rings is 1. The number of likely N-dealkylation sites (tertiary alicyclic amines) is 2. The first-order valence-electron chi connectivity index (χ1n) is 9.21. The van der Waals surface area contributed by atoms with Crippen LogP contribution in [0.1, 0.15) is 40.4 Å². The highest BCUT2D eigenvalue weighted by molar-refractivity contribution is 7.12. The van der Waals surface area contributed by atoms with E-state index >= 15 is 0 Å². The number of hydrogen-bond acceptors (Lipinski definition) is 3. The van der Waals surface area contributed by atoms with Gasteiger partial charge in [0.1, 0.15) is 0 Å². The summed E-state index contributed by atoms with van der Waals surface area (Å²) >= 11 is 1.51. The van der Waals surface area contributed by atoms with Crippen molar-refractivity contribution >= 4 is 23.2 Å². The highest BCUT2D eigenvalue weighted by Gasteiger charge is 2.45. The first-order chi connectivity index (χ1) is 12.6. The zero-order valence-corrected chi connectivity index (χ0v) is 15.9. The molecule has 136 valence electrons. The fourth-order valence-electron chi connectivity index (χ4n) is 4.48. The number of piperidine rings is 2. The highest BCUT2D eigenvalue weighted by Crippen LogP contribution is 2.45. The summed E-state index contributed by atoms with van der Waals surface area (Å²) in [5, 5.41) is 1.95. The third kappa shape index (κ3) is 3.16. The molecule has 2 aliphatic rings. The molecule has 0 radical (unpaired) electrons. The fourth-order valence-corrected chi connectivity index (χ4v) is 5.17. The number of amides is 2. The molecule has 2 aromatic rings. The molecule has 2 fully saturated rings.